The van der Waals surface area contributed by atoms with Crippen molar-refractivity contribution in [2.75, 3.05) is 26.3 Å². The second-order valence-corrected chi connectivity index (χ2v) is 4.45. The van der Waals surface area contributed by atoms with Gasteiger partial charge in [-0.1, -0.05) is 5.92 Å². The van der Waals surface area contributed by atoms with E-state index >= 15 is 0 Å². The molecule has 19 heavy (non-hydrogen) atoms. The van der Waals surface area contributed by atoms with Gasteiger partial charge >= 0.3 is 0 Å². The number of nitrogens with one attached hydrogen (secondary N) is 2. The monoisotopic (exact) mass is 276 g/mol. The Morgan fingerprint density at radius 1 is 1.37 bits per heavy atom. The van der Waals surface area contributed by atoms with Crippen molar-refractivity contribution >= 4 is 11.8 Å². The number of hydrogen-bond donors (Lipinski definition) is 2. The van der Waals surface area contributed by atoms with Crippen LogP contribution in [-0.4, -0.2) is 44.5 Å². The van der Waals surface area contributed by atoms with E-state index < -0.39 is 30.3 Å². The Labute approximate surface area is 111 Å². The Balaban J connectivity index is 4.03. The van der Waals surface area contributed by atoms with Crippen LogP contribution in [0.3, 0.4) is 0 Å². The largest absolute Gasteiger partial charge is 0.374 e. The zero-order valence-electron chi connectivity index (χ0n) is 11.0. The van der Waals surface area contributed by atoms with E-state index in [2.05, 4.69) is 16.6 Å². The minimum absolute atomic E-state index is 0.0790. The lowest BCUT2D eigenvalue weighted by Crippen LogP contribution is -2.44. The first-order chi connectivity index (χ1) is 8.79. The molecule has 0 rings (SSSR count). The van der Waals surface area contributed by atoms with Crippen molar-refractivity contribution in [2.24, 2.45) is 5.41 Å². The SMILES string of the molecule is C#CCNC(=O)CNC(=O)C(C)(C)COCC(F)F. The normalized spacial score (nSPS) is 10.9. The molecule has 0 aliphatic rings. The van der Waals surface area contributed by atoms with Crippen LogP contribution in [-0.2, 0) is 14.3 Å². The van der Waals surface area contributed by atoms with Gasteiger partial charge in [0.25, 0.3) is 6.43 Å². The summed E-state index contributed by atoms with van der Waals surface area (Å²) in [5.74, 6) is 1.34. The first kappa shape index (κ1) is 17.3. The van der Waals surface area contributed by atoms with Crippen LogP contribution in [0.2, 0.25) is 0 Å². The van der Waals surface area contributed by atoms with E-state index in [1.54, 1.807) is 0 Å². The Morgan fingerprint density at radius 2 is 2.00 bits per heavy atom. The summed E-state index contributed by atoms with van der Waals surface area (Å²) in [7, 11) is 0. The lowest BCUT2D eigenvalue weighted by Gasteiger charge is -2.23. The number of carbonyl (C=O) groups excluding carboxylic acids is 2. The summed E-state index contributed by atoms with van der Waals surface area (Å²) in [6.07, 6.45) is 2.38. The highest BCUT2D eigenvalue weighted by Gasteiger charge is 2.28. The molecule has 0 bridgehead atoms. The second-order valence-electron chi connectivity index (χ2n) is 4.45. The highest BCUT2D eigenvalue weighted by molar-refractivity contribution is 5.87. The van der Waals surface area contributed by atoms with Crippen molar-refractivity contribution in [3.05, 3.63) is 0 Å². The number of halogens is 2. The van der Waals surface area contributed by atoms with E-state index in [-0.39, 0.29) is 19.7 Å². The molecule has 0 spiro atoms. The molecule has 0 saturated heterocycles. The van der Waals surface area contributed by atoms with Crippen LogP contribution in [0, 0.1) is 17.8 Å². The molecule has 0 saturated carbocycles. The van der Waals surface area contributed by atoms with Crippen LogP contribution in [0.25, 0.3) is 0 Å². The van der Waals surface area contributed by atoms with E-state index in [0.717, 1.165) is 0 Å². The summed E-state index contributed by atoms with van der Waals surface area (Å²) in [6, 6.07) is 0. The Kier molecular flexibility index (Phi) is 7.68. The molecule has 5 nitrogen and oxygen atoms in total. The van der Waals surface area contributed by atoms with Gasteiger partial charge in [0.05, 0.1) is 25.1 Å². The van der Waals surface area contributed by atoms with Gasteiger partial charge in [0, 0.05) is 0 Å². The summed E-state index contributed by atoms with van der Waals surface area (Å²) >= 11 is 0. The van der Waals surface area contributed by atoms with Gasteiger partial charge in [0.2, 0.25) is 11.8 Å². The number of amides is 2. The van der Waals surface area contributed by atoms with E-state index in [0.29, 0.717) is 0 Å². The van der Waals surface area contributed by atoms with Gasteiger partial charge < -0.3 is 15.4 Å². The third kappa shape index (κ3) is 8.11. The Hall–Kier alpha value is -1.68. The molecule has 108 valence electrons. The summed E-state index contributed by atoms with van der Waals surface area (Å²) in [6.45, 7) is 2.04. The predicted molar refractivity (Wildman–Crippen MR) is 65.5 cm³/mol. The number of terminal acetylenes is 1. The third-order valence-corrected chi connectivity index (χ3v) is 2.12. The van der Waals surface area contributed by atoms with Crippen molar-refractivity contribution in [3.8, 4) is 12.3 Å². The van der Waals surface area contributed by atoms with Gasteiger partial charge in [0.1, 0.15) is 6.61 Å². The smallest absolute Gasteiger partial charge is 0.261 e. The molecular formula is C12H18F2N2O3. The zero-order valence-corrected chi connectivity index (χ0v) is 11.0. The topological polar surface area (TPSA) is 67.4 Å². The molecule has 2 N–H and O–H groups in total. The van der Waals surface area contributed by atoms with Crippen LogP contribution in [0.4, 0.5) is 8.78 Å². The third-order valence-electron chi connectivity index (χ3n) is 2.12. The maximum atomic E-state index is 11.9. The predicted octanol–water partition coefficient (Wildman–Crippen LogP) is 0.160. The first-order valence-corrected chi connectivity index (χ1v) is 5.64. The Bertz CT molecular complexity index is 351. The van der Waals surface area contributed by atoms with Gasteiger partial charge in [-0.15, -0.1) is 6.42 Å². The van der Waals surface area contributed by atoms with Crippen molar-refractivity contribution in [2.45, 2.75) is 20.3 Å². The molecule has 0 aromatic heterocycles. The average molecular weight is 276 g/mol. The summed E-state index contributed by atoms with van der Waals surface area (Å²) in [5.41, 5.74) is -0.999. The molecule has 0 radical (unpaired) electrons. The molecule has 0 atom stereocenters. The van der Waals surface area contributed by atoms with Gasteiger partial charge in [-0.2, -0.15) is 0 Å². The van der Waals surface area contributed by atoms with Gasteiger partial charge in [-0.25, -0.2) is 8.78 Å². The molecule has 0 aromatic rings. The van der Waals surface area contributed by atoms with Crippen LogP contribution < -0.4 is 10.6 Å². The van der Waals surface area contributed by atoms with Gasteiger partial charge in [-0.3, -0.25) is 9.59 Å². The van der Waals surface area contributed by atoms with Crippen molar-refractivity contribution in [1.82, 2.24) is 10.6 Å². The number of alkyl halides is 2. The van der Waals surface area contributed by atoms with Crippen LogP contribution in [0.15, 0.2) is 0 Å². The van der Waals surface area contributed by atoms with E-state index in [4.69, 9.17) is 11.2 Å². The summed E-state index contributed by atoms with van der Waals surface area (Å²) < 4.78 is 28.5. The quantitative estimate of drug-likeness (QED) is 0.621. The highest BCUT2D eigenvalue weighted by atomic mass is 19.3. The minimum atomic E-state index is -2.58. The van der Waals surface area contributed by atoms with Crippen molar-refractivity contribution in [1.29, 1.82) is 0 Å². The Morgan fingerprint density at radius 3 is 2.53 bits per heavy atom. The molecule has 0 fully saturated rings. The fourth-order valence-corrected chi connectivity index (χ4v) is 1.08. The maximum Gasteiger partial charge on any atom is 0.261 e. The standard InChI is InChI=1S/C12H18F2N2O3/c1-4-5-15-10(17)6-16-11(18)12(2,3)8-19-7-9(13)14/h1,9H,5-8H2,2-3H3,(H,15,17)(H,16,18). The lowest BCUT2D eigenvalue weighted by molar-refractivity contribution is -0.135. The molecule has 0 aromatic carbocycles. The maximum absolute atomic E-state index is 11.9. The molecule has 0 heterocycles. The lowest BCUT2D eigenvalue weighted by atomic mass is 9.93. The minimum Gasteiger partial charge on any atom is -0.374 e. The van der Waals surface area contributed by atoms with Crippen molar-refractivity contribution < 1.29 is 23.1 Å². The summed E-state index contributed by atoms with van der Waals surface area (Å²) in [5, 5.41) is 4.76. The van der Waals surface area contributed by atoms with E-state index in [9.17, 15) is 18.4 Å². The molecule has 2 amide bonds. The van der Waals surface area contributed by atoms with Gasteiger partial charge in [-0.05, 0) is 13.8 Å². The summed E-state index contributed by atoms with van der Waals surface area (Å²) in [4.78, 5) is 22.9. The number of hydrogen-bond acceptors (Lipinski definition) is 3. The van der Waals surface area contributed by atoms with Gasteiger partial charge in [0.15, 0.2) is 0 Å². The number of ether oxygens (including phenoxy) is 1. The molecule has 0 aliphatic carbocycles. The molecule has 0 aliphatic heterocycles. The van der Waals surface area contributed by atoms with E-state index in [1.165, 1.54) is 13.8 Å². The molecule has 7 heteroatoms. The fraction of sp³-hybridized carbons (Fsp3) is 0.667. The second kappa shape index (κ2) is 8.43. The average Bonchev–Trinajstić information content (AvgIpc) is 2.32. The van der Waals surface area contributed by atoms with E-state index in [1.807, 2.05) is 0 Å². The highest BCUT2D eigenvalue weighted by Crippen LogP contribution is 2.15. The fourth-order valence-electron chi connectivity index (χ4n) is 1.08. The molecular weight excluding hydrogens is 258 g/mol. The molecule has 0 unspecified atom stereocenters. The number of carbonyl (C=O) groups is 2. The van der Waals surface area contributed by atoms with Crippen molar-refractivity contribution in [3.63, 3.8) is 0 Å². The van der Waals surface area contributed by atoms with Crippen LogP contribution >= 0.6 is 0 Å². The van der Waals surface area contributed by atoms with Crippen LogP contribution in [0.1, 0.15) is 13.8 Å². The number of rotatable bonds is 8. The first-order valence-electron chi connectivity index (χ1n) is 5.64. The zero-order chi connectivity index (χ0) is 14.9. The van der Waals surface area contributed by atoms with Crippen LogP contribution in [0.5, 0.6) is 0 Å².